The van der Waals surface area contributed by atoms with Gasteiger partial charge in [0, 0.05) is 23.7 Å². The van der Waals surface area contributed by atoms with E-state index in [1.165, 1.54) is 4.80 Å². The third kappa shape index (κ3) is 3.57. The molecule has 1 aliphatic rings. The van der Waals surface area contributed by atoms with Crippen molar-refractivity contribution < 1.29 is 9.53 Å². The van der Waals surface area contributed by atoms with Gasteiger partial charge in [-0.05, 0) is 42.8 Å². The van der Waals surface area contributed by atoms with Gasteiger partial charge in [-0.15, -0.1) is 10.2 Å². The third-order valence-corrected chi connectivity index (χ3v) is 4.29. The molecule has 24 heavy (non-hydrogen) atoms. The van der Waals surface area contributed by atoms with E-state index < -0.39 is 6.04 Å². The number of rotatable bonds is 4. The van der Waals surface area contributed by atoms with Gasteiger partial charge in [0.2, 0.25) is 11.7 Å². The fourth-order valence-corrected chi connectivity index (χ4v) is 2.86. The van der Waals surface area contributed by atoms with Crippen molar-refractivity contribution in [2.45, 2.75) is 32.4 Å². The molecule has 1 saturated heterocycles. The Hall–Kier alpha value is -1.99. The predicted molar refractivity (Wildman–Crippen MR) is 89.6 cm³/mol. The van der Waals surface area contributed by atoms with Crippen molar-refractivity contribution in [2.75, 3.05) is 19.7 Å². The van der Waals surface area contributed by atoms with Gasteiger partial charge in [0.15, 0.2) is 6.04 Å². The summed E-state index contributed by atoms with van der Waals surface area (Å²) >= 11 is 5.89. The summed E-state index contributed by atoms with van der Waals surface area (Å²) < 4.78 is 5.49. The fourth-order valence-electron chi connectivity index (χ4n) is 2.74. The Morgan fingerprint density at radius 1 is 1.42 bits per heavy atom. The number of carbonyl (C=O) groups excluding carboxylic acids is 1. The molecule has 1 aliphatic heterocycles. The Balaban J connectivity index is 1.78. The molecule has 0 bridgehead atoms. The molecule has 0 spiro atoms. The molecule has 2 heterocycles. The van der Waals surface area contributed by atoms with Gasteiger partial charge in [0.25, 0.3) is 0 Å². The van der Waals surface area contributed by atoms with Crippen molar-refractivity contribution in [1.82, 2.24) is 25.1 Å². The molecule has 1 aromatic carbocycles. The second kappa shape index (κ2) is 7.27. The zero-order valence-electron chi connectivity index (χ0n) is 13.7. The first-order chi connectivity index (χ1) is 11.6. The Labute approximate surface area is 145 Å². The number of carbonyl (C=O) groups is 1. The zero-order chi connectivity index (χ0) is 17.1. The van der Waals surface area contributed by atoms with Crippen LogP contribution in [0.3, 0.4) is 0 Å². The minimum atomic E-state index is -0.455. The van der Waals surface area contributed by atoms with E-state index in [2.05, 4.69) is 15.4 Å². The van der Waals surface area contributed by atoms with Crippen LogP contribution in [0.4, 0.5) is 0 Å². The average molecular weight is 350 g/mol. The van der Waals surface area contributed by atoms with Crippen LogP contribution in [0, 0.1) is 0 Å². The monoisotopic (exact) mass is 349 g/mol. The standard InChI is InChI=1S/C16H20ClN5O2/c1-3-14(16(23)21-8-9-24-11(2)10-21)22-19-15(18-20-22)12-4-6-13(17)7-5-12/h4-7,11,14H,3,8-10H2,1-2H3. The van der Waals surface area contributed by atoms with Crippen LogP contribution >= 0.6 is 11.6 Å². The van der Waals surface area contributed by atoms with Crippen LogP contribution in [0.15, 0.2) is 24.3 Å². The summed E-state index contributed by atoms with van der Waals surface area (Å²) in [6.45, 7) is 5.65. The molecule has 128 valence electrons. The van der Waals surface area contributed by atoms with Crippen LogP contribution in [0.2, 0.25) is 5.02 Å². The lowest BCUT2D eigenvalue weighted by Gasteiger charge is -2.33. The summed E-state index contributed by atoms with van der Waals surface area (Å²) in [6, 6.07) is 6.75. The highest BCUT2D eigenvalue weighted by Crippen LogP contribution is 2.20. The number of amides is 1. The highest BCUT2D eigenvalue weighted by Gasteiger charge is 2.29. The van der Waals surface area contributed by atoms with E-state index in [4.69, 9.17) is 16.3 Å². The van der Waals surface area contributed by atoms with E-state index in [0.29, 0.717) is 37.0 Å². The van der Waals surface area contributed by atoms with E-state index in [0.717, 1.165) is 5.56 Å². The van der Waals surface area contributed by atoms with Crippen LogP contribution in [0.1, 0.15) is 26.3 Å². The lowest BCUT2D eigenvalue weighted by Crippen LogP contribution is -2.47. The summed E-state index contributed by atoms with van der Waals surface area (Å²) in [4.78, 5) is 16.0. The van der Waals surface area contributed by atoms with Crippen molar-refractivity contribution in [3.8, 4) is 11.4 Å². The smallest absolute Gasteiger partial charge is 0.249 e. The maximum atomic E-state index is 12.8. The molecule has 0 saturated carbocycles. The van der Waals surface area contributed by atoms with Gasteiger partial charge in [-0.3, -0.25) is 4.79 Å². The zero-order valence-corrected chi connectivity index (χ0v) is 14.5. The number of benzene rings is 1. The van der Waals surface area contributed by atoms with E-state index in [9.17, 15) is 4.79 Å². The van der Waals surface area contributed by atoms with Gasteiger partial charge in [-0.25, -0.2) is 0 Å². The minimum Gasteiger partial charge on any atom is -0.375 e. The van der Waals surface area contributed by atoms with Crippen LogP contribution in [0.25, 0.3) is 11.4 Å². The summed E-state index contributed by atoms with van der Waals surface area (Å²) in [5, 5.41) is 13.2. The molecule has 1 amide bonds. The van der Waals surface area contributed by atoms with Gasteiger partial charge in [-0.2, -0.15) is 4.80 Å². The first kappa shape index (κ1) is 16.9. The summed E-state index contributed by atoms with van der Waals surface area (Å²) in [5.74, 6) is 0.487. The first-order valence-electron chi connectivity index (χ1n) is 8.04. The van der Waals surface area contributed by atoms with Crippen LogP contribution < -0.4 is 0 Å². The normalized spacial score (nSPS) is 19.3. The van der Waals surface area contributed by atoms with E-state index in [-0.39, 0.29) is 12.0 Å². The van der Waals surface area contributed by atoms with Crippen LogP contribution in [0.5, 0.6) is 0 Å². The molecular weight excluding hydrogens is 330 g/mol. The lowest BCUT2D eigenvalue weighted by molar-refractivity contribution is -0.142. The number of nitrogens with zero attached hydrogens (tertiary/aromatic N) is 5. The van der Waals surface area contributed by atoms with Gasteiger partial charge < -0.3 is 9.64 Å². The van der Waals surface area contributed by atoms with Gasteiger partial charge in [-0.1, -0.05) is 18.5 Å². The molecule has 7 nitrogen and oxygen atoms in total. The fraction of sp³-hybridized carbons (Fsp3) is 0.500. The molecule has 0 N–H and O–H groups in total. The maximum Gasteiger partial charge on any atom is 0.249 e. The Kier molecular flexibility index (Phi) is 5.11. The van der Waals surface area contributed by atoms with E-state index in [1.807, 2.05) is 30.9 Å². The molecule has 1 fully saturated rings. The molecule has 2 unspecified atom stereocenters. The minimum absolute atomic E-state index is 0.00714. The number of aromatic nitrogens is 4. The predicted octanol–water partition coefficient (Wildman–Crippen LogP) is 2.19. The number of halogens is 1. The summed E-state index contributed by atoms with van der Waals surface area (Å²) in [5.41, 5.74) is 0.813. The second-order valence-corrected chi connectivity index (χ2v) is 6.27. The molecule has 0 aliphatic carbocycles. The van der Waals surface area contributed by atoms with Crippen molar-refractivity contribution in [3.63, 3.8) is 0 Å². The lowest BCUT2D eigenvalue weighted by atomic mass is 10.2. The van der Waals surface area contributed by atoms with Gasteiger partial charge in [0.05, 0.1) is 12.7 Å². The molecular formula is C16H20ClN5O2. The quantitative estimate of drug-likeness (QED) is 0.846. The SMILES string of the molecule is CCC(C(=O)N1CCOC(C)C1)n1nnc(-c2ccc(Cl)cc2)n1. The van der Waals surface area contributed by atoms with Crippen LogP contribution in [-0.4, -0.2) is 56.8 Å². The number of hydrogen-bond donors (Lipinski definition) is 0. The Morgan fingerprint density at radius 2 is 2.17 bits per heavy atom. The third-order valence-electron chi connectivity index (χ3n) is 4.03. The largest absolute Gasteiger partial charge is 0.375 e. The molecule has 1 aromatic heterocycles. The number of tetrazole rings is 1. The van der Waals surface area contributed by atoms with Gasteiger partial charge in [0.1, 0.15) is 0 Å². The highest BCUT2D eigenvalue weighted by atomic mass is 35.5. The average Bonchev–Trinajstić information content (AvgIpc) is 3.06. The van der Waals surface area contributed by atoms with Gasteiger partial charge >= 0.3 is 0 Å². The number of morpholine rings is 1. The molecule has 2 aromatic rings. The maximum absolute atomic E-state index is 12.8. The summed E-state index contributed by atoms with van der Waals surface area (Å²) in [6.07, 6.45) is 0.648. The molecule has 2 atom stereocenters. The topological polar surface area (TPSA) is 73.1 Å². The van der Waals surface area contributed by atoms with Crippen LogP contribution in [-0.2, 0) is 9.53 Å². The molecule has 3 rings (SSSR count). The van der Waals surface area contributed by atoms with Crippen molar-refractivity contribution in [2.24, 2.45) is 0 Å². The van der Waals surface area contributed by atoms with Crippen molar-refractivity contribution in [3.05, 3.63) is 29.3 Å². The Morgan fingerprint density at radius 3 is 2.83 bits per heavy atom. The number of hydrogen-bond acceptors (Lipinski definition) is 5. The van der Waals surface area contributed by atoms with E-state index in [1.54, 1.807) is 12.1 Å². The molecule has 0 radical (unpaired) electrons. The van der Waals surface area contributed by atoms with Crippen molar-refractivity contribution >= 4 is 17.5 Å². The highest BCUT2D eigenvalue weighted by molar-refractivity contribution is 6.30. The first-order valence-corrected chi connectivity index (χ1v) is 8.42. The number of ether oxygens (including phenoxy) is 1. The molecule has 8 heteroatoms. The van der Waals surface area contributed by atoms with E-state index >= 15 is 0 Å². The second-order valence-electron chi connectivity index (χ2n) is 5.83. The van der Waals surface area contributed by atoms with Crippen molar-refractivity contribution in [1.29, 1.82) is 0 Å². The summed E-state index contributed by atoms with van der Waals surface area (Å²) in [7, 11) is 0. The Bertz CT molecular complexity index is 703.